The van der Waals surface area contributed by atoms with Gasteiger partial charge in [0.05, 0.1) is 23.6 Å². The number of aromatic nitrogens is 2. The van der Waals surface area contributed by atoms with Crippen LogP contribution in [0.1, 0.15) is 34.9 Å². The van der Waals surface area contributed by atoms with Gasteiger partial charge in [0.1, 0.15) is 16.8 Å². The summed E-state index contributed by atoms with van der Waals surface area (Å²) in [7, 11) is 0. The molecule has 10 heteroatoms. The number of benzene rings is 1. The number of nitrogens with one attached hydrogen (secondary N) is 1. The number of aliphatic hydroxyl groups excluding tert-OH is 1. The summed E-state index contributed by atoms with van der Waals surface area (Å²) in [5.41, 5.74) is 8.18. The van der Waals surface area contributed by atoms with Crippen molar-refractivity contribution in [3.05, 3.63) is 51.5 Å². The summed E-state index contributed by atoms with van der Waals surface area (Å²) in [4.78, 5) is 32.8. The minimum atomic E-state index is -0.913. The maximum Gasteiger partial charge on any atom is 0.405 e. The Morgan fingerprint density at radius 2 is 2.00 bits per heavy atom. The second-order valence-electron chi connectivity index (χ2n) is 6.31. The van der Waals surface area contributed by atoms with E-state index in [2.05, 4.69) is 15.3 Å². The van der Waals surface area contributed by atoms with Crippen LogP contribution in [0.15, 0.2) is 29.6 Å². The fourth-order valence-corrected chi connectivity index (χ4v) is 4.39. The van der Waals surface area contributed by atoms with Gasteiger partial charge in [-0.3, -0.25) is 4.79 Å². The average molecular weight is 433 g/mol. The predicted octanol–water partition coefficient (Wildman–Crippen LogP) is 3.40. The van der Waals surface area contributed by atoms with Crippen molar-refractivity contribution in [3.63, 3.8) is 0 Å². The number of thiazole rings is 2. The van der Waals surface area contributed by atoms with E-state index in [0.29, 0.717) is 26.4 Å². The van der Waals surface area contributed by atoms with Crippen molar-refractivity contribution in [2.24, 2.45) is 5.73 Å². The minimum Gasteiger partial charge on any atom is -0.440 e. The molecule has 1 unspecified atom stereocenters. The van der Waals surface area contributed by atoms with Gasteiger partial charge in [0.2, 0.25) is 5.91 Å². The molecule has 0 spiro atoms. The molecule has 1 aromatic carbocycles. The Balaban J connectivity index is 1.75. The SMILES string of the molecule is Cc1ccc(CC(=O)Nc2nc(-c3sc(CO)nc3C(C)OC(N)=O)cs2)cc1. The van der Waals surface area contributed by atoms with Crippen molar-refractivity contribution in [1.82, 2.24) is 9.97 Å². The first-order chi connectivity index (χ1) is 13.9. The first-order valence-corrected chi connectivity index (χ1v) is 10.4. The molecule has 0 radical (unpaired) electrons. The van der Waals surface area contributed by atoms with Gasteiger partial charge in [0, 0.05) is 5.38 Å². The van der Waals surface area contributed by atoms with Crippen molar-refractivity contribution in [2.45, 2.75) is 33.0 Å². The lowest BCUT2D eigenvalue weighted by atomic mass is 10.1. The number of primary amides is 1. The van der Waals surface area contributed by atoms with E-state index in [0.717, 1.165) is 11.1 Å². The van der Waals surface area contributed by atoms with E-state index < -0.39 is 12.2 Å². The summed E-state index contributed by atoms with van der Waals surface area (Å²) in [6.45, 7) is 3.39. The molecule has 3 rings (SSSR count). The Bertz CT molecular complexity index is 1010. The van der Waals surface area contributed by atoms with Crippen LogP contribution in [-0.2, 0) is 22.6 Å². The molecule has 3 aromatic rings. The van der Waals surface area contributed by atoms with E-state index in [1.54, 1.807) is 12.3 Å². The summed E-state index contributed by atoms with van der Waals surface area (Å²) in [6.07, 6.45) is -1.36. The van der Waals surface area contributed by atoms with Crippen LogP contribution in [-0.4, -0.2) is 27.1 Å². The lowest BCUT2D eigenvalue weighted by molar-refractivity contribution is -0.115. The molecule has 0 bridgehead atoms. The molecule has 0 aliphatic rings. The lowest BCUT2D eigenvalue weighted by Gasteiger charge is -2.10. The monoisotopic (exact) mass is 432 g/mol. The van der Waals surface area contributed by atoms with Gasteiger partial charge in [0.25, 0.3) is 0 Å². The summed E-state index contributed by atoms with van der Waals surface area (Å²) in [5, 5.41) is 14.9. The Labute approximate surface area is 175 Å². The Morgan fingerprint density at radius 3 is 2.66 bits per heavy atom. The first kappa shape index (κ1) is 20.9. The third-order valence-corrected chi connectivity index (χ3v) is 5.82. The van der Waals surface area contributed by atoms with Crippen LogP contribution in [0.2, 0.25) is 0 Å². The van der Waals surface area contributed by atoms with Crippen LogP contribution in [0, 0.1) is 6.92 Å². The quantitative estimate of drug-likeness (QED) is 0.525. The molecule has 0 saturated heterocycles. The van der Waals surface area contributed by atoms with E-state index in [-0.39, 0.29) is 18.9 Å². The zero-order valence-electron chi connectivity index (χ0n) is 15.8. The van der Waals surface area contributed by atoms with Gasteiger partial charge >= 0.3 is 6.09 Å². The highest BCUT2D eigenvalue weighted by Gasteiger charge is 2.22. The largest absolute Gasteiger partial charge is 0.440 e. The first-order valence-electron chi connectivity index (χ1n) is 8.73. The molecule has 8 nitrogen and oxygen atoms in total. The number of hydrogen-bond donors (Lipinski definition) is 3. The second kappa shape index (κ2) is 9.12. The summed E-state index contributed by atoms with van der Waals surface area (Å²) in [5.74, 6) is -0.166. The number of ether oxygens (including phenoxy) is 1. The van der Waals surface area contributed by atoms with Crippen LogP contribution in [0.5, 0.6) is 0 Å². The van der Waals surface area contributed by atoms with Crippen molar-refractivity contribution in [1.29, 1.82) is 0 Å². The molecule has 2 amide bonds. The normalized spacial score (nSPS) is 11.8. The van der Waals surface area contributed by atoms with Gasteiger partial charge < -0.3 is 20.9 Å². The third-order valence-electron chi connectivity index (χ3n) is 3.98. The maximum absolute atomic E-state index is 12.3. The summed E-state index contributed by atoms with van der Waals surface area (Å²) >= 11 is 2.52. The third kappa shape index (κ3) is 5.37. The molecule has 0 aliphatic heterocycles. The number of nitrogens with zero attached hydrogens (tertiary/aromatic N) is 2. The van der Waals surface area contributed by atoms with Gasteiger partial charge in [-0.05, 0) is 19.4 Å². The topological polar surface area (TPSA) is 127 Å². The highest BCUT2D eigenvalue weighted by atomic mass is 32.1. The van der Waals surface area contributed by atoms with Crippen molar-refractivity contribution in [2.75, 3.05) is 5.32 Å². The molecule has 4 N–H and O–H groups in total. The van der Waals surface area contributed by atoms with Gasteiger partial charge in [-0.1, -0.05) is 29.8 Å². The molecule has 29 heavy (non-hydrogen) atoms. The van der Waals surface area contributed by atoms with E-state index in [1.807, 2.05) is 31.2 Å². The number of aryl methyl sites for hydroxylation is 1. The number of amides is 2. The van der Waals surface area contributed by atoms with E-state index in [4.69, 9.17) is 10.5 Å². The zero-order valence-corrected chi connectivity index (χ0v) is 17.5. The number of anilines is 1. The molecule has 0 fully saturated rings. The molecule has 0 saturated carbocycles. The van der Waals surface area contributed by atoms with Gasteiger partial charge in [-0.2, -0.15) is 0 Å². The fourth-order valence-electron chi connectivity index (χ4n) is 2.62. The minimum absolute atomic E-state index is 0.166. The van der Waals surface area contributed by atoms with Crippen LogP contribution >= 0.6 is 22.7 Å². The van der Waals surface area contributed by atoms with Crippen molar-refractivity contribution in [3.8, 4) is 10.6 Å². The molecule has 152 valence electrons. The van der Waals surface area contributed by atoms with Gasteiger partial charge in [-0.15, -0.1) is 22.7 Å². The highest BCUT2D eigenvalue weighted by Crippen LogP contribution is 2.36. The van der Waals surface area contributed by atoms with Crippen molar-refractivity contribution < 1.29 is 19.4 Å². The maximum atomic E-state index is 12.3. The number of aliphatic hydroxyl groups is 1. The summed E-state index contributed by atoms with van der Waals surface area (Å²) in [6, 6.07) is 7.76. The lowest BCUT2D eigenvalue weighted by Crippen LogP contribution is -2.16. The number of carbonyl (C=O) groups is 2. The Kier molecular flexibility index (Phi) is 6.57. The number of carbonyl (C=O) groups excluding carboxylic acids is 2. The van der Waals surface area contributed by atoms with Crippen LogP contribution in [0.3, 0.4) is 0 Å². The number of hydrogen-bond acceptors (Lipinski definition) is 8. The predicted molar refractivity (Wildman–Crippen MR) is 112 cm³/mol. The van der Waals surface area contributed by atoms with Gasteiger partial charge in [-0.25, -0.2) is 14.8 Å². The number of nitrogens with two attached hydrogens (primary N) is 1. The molecule has 2 aromatic heterocycles. The summed E-state index contributed by atoms with van der Waals surface area (Å²) < 4.78 is 5.01. The fraction of sp³-hybridized carbons (Fsp3) is 0.263. The number of rotatable bonds is 7. The van der Waals surface area contributed by atoms with E-state index >= 15 is 0 Å². The molecular weight excluding hydrogens is 412 g/mol. The highest BCUT2D eigenvalue weighted by molar-refractivity contribution is 7.17. The van der Waals surface area contributed by atoms with E-state index in [9.17, 15) is 14.7 Å². The Hall–Kier alpha value is -2.82. The van der Waals surface area contributed by atoms with Crippen LogP contribution in [0.25, 0.3) is 10.6 Å². The average Bonchev–Trinajstić information content (AvgIpc) is 3.29. The van der Waals surface area contributed by atoms with Crippen molar-refractivity contribution >= 4 is 39.8 Å². The second-order valence-corrected chi connectivity index (χ2v) is 8.25. The van der Waals surface area contributed by atoms with Gasteiger partial charge in [0.15, 0.2) is 5.13 Å². The van der Waals surface area contributed by atoms with Crippen LogP contribution in [0.4, 0.5) is 9.93 Å². The Morgan fingerprint density at radius 1 is 1.28 bits per heavy atom. The molecule has 0 aliphatic carbocycles. The standard InChI is InChI=1S/C19H20N4O4S2/c1-10-3-5-12(6-4-10)7-14(25)22-19-21-13(9-28-19)17-16(11(2)27-18(20)26)23-15(8-24)29-17/h3-6,9,11,24H,7-8H2,1-2H3,(H2,20,26)(H,21,22,25). The molecule has 1 atom stereocenters. The molecular formula is C19H20N4O4S2. The van der Waals surface area contributed by atoms with Crippen LogP contribution < -0.4 is 11.1 Å². The van der Waals surface area contributed by atoms with E-state index in [1.165, 1.54) is 22.7 Å². The molecule has 2 heterocycles. The smallest absolute Gasteiger partial charge is 0.405 e. The zero-order chi connectivity index (χ0) is 21.0.